The predicted molar refractivity (Wildman–Crippen MR) is 75.5 cm³/mol. The molecule has 2 aromatic carbocycles. The van der Waals surface area contributed by atoms with Gasteiger partial charge in [0, 0.05) is 6.61 Å². The average molecular weight is 258 g/mol. The van der Waals surface area contributed by atoms with Crippen LogP contribution in [0.25, 0.3) is 11.1 Å². The second-order valence-electron chi connectivity index (χ2n) is 4.12. The van der Waals surface area contributed by atoms with Crippen molar-refractivity contribution in [2.45, 2.75) is 6.92 Å². The van der Waals surface area contributed by atoms with Crippen LogP contribution in [0, 0.1) is 0 Å². The minimum Gasteiger partial charge on any atom is -0.508 e. The van der Waals surface area contributed by atoms with E-state index in [1.54, 1.807) is 12.1 Å². The van der Waals surface area contributed by atoms with E-state index in [1.165, 1.54) is 0 Å². The van der Waals surface area contributed by atoms with E-state index in [9.17, 15) is 5.11 Å². The van der Waals surface area contributed by atoms with E-state index in [1.807, 2.05) is 43.3 Å². The van der Waals surface area contributed by atoms with Gasteiger partial charge in [0.2, 0.25) is 0 Å². The van der Waals surface area contributed by atoms with Crippen LogP contribution in [0.2, 0.25) is 0 Å². The summed E-state index contributed by atoms with van der Waals surface area (Å²) in [5.41, 5.74) is 2.16. The van der Waals surface area contributed by atoms with E-state index in [4.69, 9.17) is 9.47 Å². The molecule has 0 spiro atoms. The maximum atomic E-state index is 9.26. The summed E-state index contributed by atoms with van der Waals surface area (Å²) in [6, 6.07) is 15.0. The third kappa shape index (κ3) is 4.00. The van der Waals surface area contributed by atoms with Gasteiger partial charge in [-0.1, -0.05) is 24.3 Å². The van der Waals surface area contributed by atoms with Crippen LogP contribution in [-0.4, -0.2) is 24.9 Å². The Morgan fingerprint density at radius 3 is 2.00 bits per heavy atom. The highest BCUT2D eigenvalue weighted by atomic mass is 16.5. The van der Waals surface area contributed by atoms with Crippen LogP contribution in [0.3, 0.4) is 0 Å². The van der Waals surface area contributed by atoms with Crippen molar-refractivity contribution in [1.82, 2.24) is 0 Å². The third-order valence-corrected chi connectivity index (χ3v) is 2.76. The zero-order chi connectivity index (χ0) is 13.5. The molecule has 3 nitrogen and oxygen atoms in total. The first kappa shape index (κ1) is 13.4. The van der Waals surface area contributed by atoms with Gasteiger partial charge in [0.1, 0.15) is 18.1 Å². The highest BCUT2D eigenvalue weighted by molar-refractivity contribution is 5.64. The molecule has 19 heavy (non-hydrogen) atoms. The first-order valence-corrected chi connectivity index (χ1v) is 6.39. The number of phenols is 1. The largest absolute Gasteiger partial charge is 0.508 e. The molecule has 0 heterocycles. The topological polar surface area (TPSA) is 38.7 Å². The molecule has 0 aliphatic heterocycles. The molecule has 0 amide bonds. The predicted octanol–water partition coefficient (Wildman–Crippen LogP) is 3.47. The van der Waals surface area contributed by atoms with Gasteiger partial charge in [-0.3, -0.25) is 0 Å². The lowest BCUT2D eigenvalue weighted by Crippen LogP contribution is -2.06. The molecular weight excluding hydrogens is 240 g/mol. The summed E-state index contributed by atoms with van der Waals surface area (Å²) < 4.78 is 10.8. The zero-order valence-corrected chi connectivity index (χ0v) is 11.0. The van der Waals surface area contributed by atoms with Crippen molar-refractivity contribution in [3.05, 3.63) is 48.5 Å². The number of benzene rings is 2. The van der Waals surface area contributed by atoms with Crippen molar-refractivity contribution in [3.63, 3.8) is 0 Å². The highest BCUT2D eigenvalue weighted by Gasteiger charge is 1.99. The quantitative estimate of drug-likeness (QED) is 0.806. The second-order valence-corrected chi connectivity index (χ2v) is 4.12. The molecule has 0 unspecified atom stereocenters. The normalized spacial score (nSPS) is 10.4. The van der Waals surface area contributed by atoms with Gasteiger partial charge < -0.3 is 14.6 Å². The highest BCUT2D eigenvalue weighted by Crippen LogP contribution is 2.24. The fraction of sp³-hybridized carbons (Fsp3) is 0.250. The van der Waals surface area contributed by atoms with Crippen LogP contribution in [0.5, 0.6) is 11.5 Å². The van der Waals surface area contributed by atoms with Gasteiger partial charge in [-0.25, -0.2) is 0 Å². The number of hydrogen-bond acceptors (Lipinski definition) is 3. The van der Waals surface area contributed by atoms with Crippen molar-refractivity contribution < 1.29 is 14.6 Å². The fourth-order valence-electron chi connectivity index (χ4n) is 1.76. The van der Waals surface area contributed by atoms with Crippen LogP contribution in [0.4, 0.5) is 0 Å². The van der Waals surface area contributed by atoms with E-state index in [-0.39, 0.29) is 5.75 Å². The molecule has 0 fully saturated rings. The molecule has 0 bridgehead atoms. The Morgan fingerprint density at radius 1 is 0.842 bits per heavy atom. The van der Waals surface area contributed by atoms with Crippen LogP contribution >= 0.6 is 0 Å². The Labute approximate surface area is 113 Å². The zero-order valence-electron chi connectivity index (χ0n) is 11.0. The molecule has 1 N–H and O–H groups in total. The van der Waals surface area contributed by atoms with Crippen molar-refractivity contribution in [1.29, 1.82) is 0 Å². The molecular formula is C16H18O3. The Kier molecular flexibility index (Phi) is 4.81. The van der Waals surface area contributed by atoms with E-state index in [0.717, 1.165) is 16.9 Å². The van der Waals surface area contributed by atoms with Gasteiger partial charge >= 0.3 is 0 Å². The molecule has 0 saturated heterocycles. The summed E-state index contributed by atoms with van der Waals surface area (Å²) in [7, 11) is 0. The standard InChI is InChI=1S/C16H18O3/c1-2-18-11-12-19-16-9-5-14(6-10-16)13-3-7-15(17)8-4-13/h3-10,17H,2,11-12H2,1H3. The molecule has 100 valence electrons. The lowest BCUT2D eigenvalue weighted by Gasteiger charge is -2.07. The minimum atomic E-state index is 0.277. The van der Waals surface area contributed by atoms with E-state index >= 15 is 0 Å². The second kappa shape index (κ2) is 6.81. The summed E-state index contributed by atoms with van der Waals surface area (Å²) in [6.07, 6.45) is 0. The fourth-order valence-corrected chi connectivity index (χ4v) is 1.76. The number of ether oxygens (including phenoxy) is 2. The van der Waals surface area contributed by atoms with Crippen molar-refractivity contribution >= 4 is 0 Å². The average Bonchev–Trinajstić information content (AvgIpc) is 2.45. The molecule has 3 heteroatoms. The smallest absolute Gasteiger partial charge is 0.119 e. The maximum absolute atomic E-state index is 9.26. The Bertz CT molecular complexity index is 488. The van der Waals surface area contributed by atoms with Crippen molar-refractivity contribution in [2.75, 3.05) is 19.8 Å². The van der Waals surface area contributed by atoms with Crippen molar-refractivity contribution in [2.24, 2.45) is 0 Å². The Balaban J connectivity index is 1.96. The molecule has 0 aliphatic rings. The van der Waals surface area contributed by atoms with E-state index < -0.39 is 0 Å². The first-order valence-electron chi connectivity index (χ1n) is 6.39. The number of rotatable bonds is 6. The van der Waals surface area contributed by atoms with E-state index in [2.05, 4.69) is 0 Å². The minimum absolute atomic E-state index is 0.277. The molecule has 0 aliphatic carbocycles. The lowest BCUT2D eigenvalue weighted by atomic mass is 10.1. The number of phenolic OH excluding ortho intramolecular Hbond substituents is 1. The van der Waals surface area contributed by atoms with Crippen LogP contribution < -0.4 is 4.74 Å². The molecule has 0 radical (unpaired) electrons. The molecule has 0 atom stereocenters. The van der Waals surface area contributed by atoms with E-state index in [0.29, 0.717) is 19.8 Å². The van der Waals surface area contributed by atoms with Gasteiger partial charge in [-0.15, -0.1) is 0 Å². The monoisotopic (exact) mass is 258 g/mol. The molecule has 2 rings (SSSR count). The van der Waals surface area contributed by atoms with Crippen LogP contribution in [0.1, 0.15) is 6.92 Å². The first-order chi connectivity index (χ1) is 9.29. The lowest BCUT2D eigenvalue weighted by molar-refractivity contribution is 0.110. The number of aromatic hydroxyl groups is 1. The molecule has 2 aromatic rings. The Hall–Kier alpha value is -2.00. The van der Waals surface area contributed by atoms with Gasteiger partial charge in [-0.2, -0.15) is 0 Å². The van der Waals surface area contributed by atoms with Gasteiger partial charge in [-0.05, 0) is 42.3 Å². The van der Waals surface area contributed by atoms with Gasteiger partial charge in [0.25, 0.3) is 0 Å². The maximum Gasteiger partial charge on any atom is 0.119 e. The summed E-state index contributed by atoms with van der Waals surface area (Å²) >= 11 is 0. The summed E-state index contributed by atoms with van der Waals surface area (Å²) in [6.45, 7) is 3.85. The summed E-state index contributed by atoms with van der Waals surface area (Å²) in [5, 5.41) is 9.26. The van der Waals surface area contributed by atoms with Crippen LogP contribution in [-0.2, 0) is 4.74 Å². The van der Waals surface area contributed by atoms with Gasteiger partial charge in [0.05, 0.1) is 6.61 Å². The number of hydrogen-bond donors (Lipinski definition) is 1. The van der Waals surface area contributed by atoms with Crippen LogP contribution in [0.15, 0.2) is 48.5 Å². The summed E-state index contributed by atoms with van der Waals surface area (Å²) in [4.78, 5) is 0. The molecule has 0 saturated carbocycles. The van der Waals surface area contributed by atoms with Gasteiger partial charge in [0.15, 0.2) is 0 Å². The SMILES string of the molecule is CCOCCOc1ccc(-c2ccc(O)cc2)cc1. The molecule has 0 aromatic heterocycles. The third-order valence-electron chi connectivity index (χ3n) is 2.76. The Morgan fingerprint density at radius 2 is 1.42 bits per heavy atom. The van der Waals surface area contributed by atoms with Crippen molar-refractivity contribution in [3.8, 4) is 22.6 Å². The summed E-state index contributed by atoms with van der Waals surface area (Å²) in [5.74, 6) is 1.11.